The van der Waals surface area contributed by atoms with Crippen molar-refractivity contribution < 1.29 is 9.53 Å². The van der Waals surface area contributed by atoms with E-state index >= 15 is 0 Å². The molecule has 0 aromatic rings. The first-order chi connectivity index (χ1) is 3.48. The fourth-order valence-corrected chi connectivity index (χ4v) is 0.276. The van der Waals surface area contributed by atoms with Crippen molar-refractivity contribution in [2.24, 2.45) is 5.41 Å². The fourth-order valence-electron chi connectivity index (χ4n) is 0.276. The maximum Gasteiger partial charge on any atom is 0.311 e. The van der Waals surface area contributed by atoms with Gasteiger partial charge in [0.15, 0.2) is 0 Å². The number of hydrogen-bond donors (Lipinski definition) is 0. The second kappa shape index (κ2) is 2.16. The molecule has 0 saturated heterocycles. The van der Waals surface area contributed by atoms with Crippen LogP contribution in [0.5, 0.6) is 0 Å². The van der Waals surface area contributed by atoms with Crippen LogP contribution in [0.2, 0.25) is 0 Å². The van der Waals surface area contributed by atoms with E-state index in [1.807, 2.05) is 0 Å². The lowest BCUT2D eigenvalue weighted by atomic mass is 9.98. The minimum absolute atomic E-state index is 0.280. The van der Waals surface area contributed by atoms with Crippen molar-refractivity contribution in [1.82, 2.24) is 0 Å². The quantitative estimate of drug-likeness (QED) is 0.477. The first kappa shape index (κ1) is 7.47. The molecule has 0 atom stereocenters. The van der Waals surface area contributed by atoms with Gasteiger partial charge in [-0.1, -0.05) is 0 Å². The molecule has 0 spiro atoms. The summed E-state index contributed by atoms with van der Waals surface area (Å²) in [5.74, 6) is -0.280. The standard InChI is InChI=1S/C6H11O2/c1-6(2,3)5(7)8-4/h1H2,2-4H3. The van der Waals surface area contributed by atoms with Crippen LogP contribution in [0.1, 0.15) is 13.8 Å². The molecule has 0 aliphatic carbocycles. The van der Waals surface area contributed by atoms with Gasteiger partial charge in [0.05, 0.1) is 12.5 Å². The number of hydrogen-bond acceptors (Lipinski definition) is 2. The zero-order valence-electron chi connectivity index (χ0n) is 5.52. The van der Waals surface area contributed by atoms with E-state index in [-0.39, 0.29) is 5.97 Å². The van der Waals surface area contributed by atoms with Gasteiger partial charge < -0.3 is 4.74 Å². The molecule has 0 saturated carbocycles. The van der Waals surface area contributed by atoms with Gasteiger partial charge in [0.2, 0.25) is 0 Å². The van der Waals surface area contributed by atoms with Gasteiger partial charge >= 0.3 is 5.97 Å². The van der Waals surface area contributed by atoms with E-state index in [2.05, 4.69) is 11.7 Å². The zero-order valence-corrected chi connectivity index (χ0v) is 5.52. The molecule has 1 radical (unpaired) electrons. The van der Waals surface area contributed by atoms with Crippen molar-refractivity contribution in [2.75, 3.05) is 7.11 Å². The third kappa shape index (κ3) is 1.96. The van der Waals surface area contributed by atoms with Gasteiger partial charge in [0, 0.05) is 0 Å². The summed E-state index contributed by atoms with van der Waals surface area (Å²) in [7, 11) is 1.36. The Balaban J connectivity index is 3.82. The van der Waals surface area contributed by atoms with Crippen LogP contribution in [0.3, 0.4) is 0 Å². The maximum atomic E-state index is 10.5. The molecule has 0 aliphatic heterocycles. The molecule has 0 heterocycles. The lowest BCUT2D eigenvalue weighted by Gasteiger charge is -2.12. The SMILES string of the molecule is [CH2]C(C)(C)C(=O)OC. The van der Waals surface area contributed by atoms with Gasteiger partial charge in [0.1, 0.15) is 0 Å². The minimum Gasteiger partial charge on any atom is -0.469 e. The van der Waals surface area contributed by atoms with Crippen LogP contribution in [-0.4, -0.2) is 13.1 Å². The second-order valence-electron chi connectivity index (χ2n) is 2.38. The number of ether oxygens (including phenoxy) is 1. The third-order valence-electron chi connectivity index (χ3n) is 0.738. The Bertz CT molecular complexity index is 89.2. The average Bonchev–Trinajstić information content (AvgIpc) is 1.62. The lowest BCUT2D eigenvalue weighted by molar-refractivity contribution is -0.148. The molecule has 0 N–H and O–H groups in total. The van der Waals surface area contributed by atoms with Crippen molar-refractivity contribution >= 4 is 5.97 Å². The highest BCUT2D eigenvalue weighted by atomic mass is 16.5. The lowest BCUT2D eigenvalue weighted by Crippen LogP contribution is -2.21. The highest BCUT2D eigenvalue weighted by Gasteiger charge is 2.21. The van der Waals surface area contributed by atoms with E-state index in [9.17, 15) is 4.79 Å². The Kier molecular flexibility index (Phi) is 2.02. The zero-order chi connectivity index (χ0) is 6.78. The summed E-state index contributed by atoms with van der Waals surface area (Å²) in [4.78, 5) is 10.5. The van der Waals surface area contributed by atoms with E-state index in [4.69, 9.17) is 0 Å². The monoisotopic (exact) mass is 115 g/mol. The topological polar surface area (TPSA) is 26.3 Å². The first-order valence-electron chi connectivity index (χ1n) is 2.42. The molecule has 0 aromatic carbocycles. The van der Waals surface area contributed by atoms with Crippen LogP contribution in [0, 0.1) is 12.3 Å². The highest BCUT2D eigenvalue weighted by Crippen LogP contribution is 2.12. The first-order valence-corrected chi connectivity index (χ1v) is 2.42. The minimum atomic E-state index is -0.602. The normalized spacial score (nSPS) is 11.0. The number of methoxy groups -OCH3 is 1. The molecule has 2 nitrogen and oxygen atoms in total. The average molecular weight is 115 g/mol. The summed E-state index contributed by atoms with van der Waals surface area (Å²) in [6.45, 7) is 6.98. The molecule has 0 amide bonds. The number of esters is 1. The predicted molar refractivity (Wildman–Crippen MR) is 31.2 cm³/mol. The Morgan fingerprint density at radius 2 is 2.00 bits per heavy atom. The summed E-state index contributed by atoms with van der Waals surface area (Å²) in [6, 6.07) is 0. The fraction of sp³-hybridized carbons (Fsp3) is 0.667. The molecular weight excluding hydrogens is 104 g/mol. The molecule has 0 rings (SSSR count). The summed E-state index contributed by atoms with van der Waals surface area (Å²) in [5, 5.41) is 0. The summed E-state index contributed by atoms with van der Waals surface area (Å²) in [6.07, 6.45) is 0. The molecule has 2 heteroatoms. The van der Waals surface area contributed by atoms with Crippen LogP contribution in [0.25, 0.3) is 0 Å². The van der Waals surface area contributed by atoms with E-state index in [1.165, 1.54) is 7.11 Å². The second-order valence-corrected chi connectivity index (χ2v) is 2.38. The Morgan fingerprint density at radius 3 is 2.00 bits per heavy atom. The van der Waals surface area contributed by atoms with Gasteiger partial charge in [-0.05, 0) is 20.8 Å². The maximum absolute atomic E-state index is 10.5. The van der Waals surface area contributed by atoms with E-state index in [0.717, 1.165) is 0 Å². The Morgan fingerprint density at radius 1 is 1.62 bits per heavy atom. The van der Waals surface area contributed by atoms with Crippen molar-refractivity contribution in [3.63, 3.8) is 0 Å². The molecule has 0 aromatic heterocycles. The van der Waals surface area contributed by atoms with Crippen molar-refractivity contribution in [2.45, 2.75) is 13.8 Å². The van der Waals surface area contributed by atoms with Crippen LogP contribution in [0.4, 0.5) is 0 Å². The van der Waals surface area contributed by atoms with Crippen molar-refractivity contribution in [1.29, 1.82) is 0 Å². The van der Waals surface area contributed by atoms with Crippen molar-refractivity contribution in [3.05, 3.63) is 6.92 Å². The van der Waals surface area contributed by atoms with Gasteiger partial charge in [-0.25, -0.2) is 0 Å². The summed E-state index contributed by atoms with van der Waals surface area (Å²) < 4.78 is 4.41. The number of rotatable bonds is 1. The number of carbonyl (C=O) groups is 1. The van der Waals surface area contributed by atoms with Crippen LogP contribution in [0.15, 0.2) is 0 Å². The van der Waals surface area contributed by atoms with Crippen molar-refractivity contribution in [3.8, 4) is 0 Å². The molecule has 0 fully saturated rings. The van der Waals surface area contributed by atoms with Gasteiger partial charge in [-0.15, -0.1) is 0 Å². The molecular formula is C6H11O2. The summed E-state index contributed by atoms with van der Waals surface area (Å²) in [5.41, 5.74) is -0.602. The molecule has 0 bridgehead atoms. The van der Waals surface area contributed by atoms with E-state index in [0.29, 0.717) is 0 Å². The van der Waals surface area contributed by atoms with Crippen LogP contribution >= 0.6 is 0 Å². The van der Waals surface area contributed by atoms with Crippen LogP contribution in [-0.2, 0) is 9.53 Å². The van der Waals surface area contributed by atoms with E-state index < -0.39 is 5.41 Å². The van der Waals surface area contributed by atoms with Gasteiger partial charge in [0.25, 0.3) is 0 Å². The molecule has 47 valence electrons. The molecule has 0 unspecified atom stereocenters. The molecule has 8 heavy (non-hydrogen) atoms. The van der Waals surface area contributed by atoms with Crippen LogP contribution < -0.4 is 0 Å². The number of carbonyl (C=O) groups excluding carboxylic acids is 1. The Hall–Kier alpha value is -0.530. The molecule has 0 aliphatic rings. The predicted octanol–water partition coefficient (Wildman–Crippen LogP) is 1.02. The largest absolute Gasteiger partial charge is 0.469 e. The highest BCUT2D eigenvalue weighted by molar-refractivity contribution is 5.76. The van der Waals surface area contributed by atoms with Gasteiger partial charge in [-0.2, -0.15) is 0 Å². The third-order valence-corrected chi connectivity index (χ3v) is 0.738. The Labute approximate surface area is 49.8 Å². The van der Waals surface area contributed by atoms with E-state index in [1.54, 1.807) is 13.8 Å². The smallest absolute Gasteiger partial charge is 0.311 e. The van der Waals surface area contributed by atoms with Gasteiger partial charge in [-0.3, -0.25) is 4.79 Å². The summed E-state index contributed by atoms with van der Waals surface area (Å²) >= 11 is 0.